The highest BCUT2D eigenvalue weighted by molar-refractivity contribution is 7.67. The molecule has 0 radical (unpaired) electrons. The van der Waals surface area contributed by atoms with Crippen molar-refractivity contribution < 1.29 is 9.47 Å². The molecule has 0 saturated heterocycles. The molecule has 43 heavy (non-hydrogen) atoms. The van der Waals surface area contributed by atoms with Gasteiger partial charge in [-0.25, -0.2) is 0 Å². The van der Waals surface area contributed by atoms with Crippen LogP contribution >= 0.6 is 7.92 Å². The van der Waals surface area contributed by atoms with Crippen molar-refractivity contribution in [1.82, 2.24) is 0 Å². The van der Waals surface area contributed by atoms with Gasteiger partial charge in [-0.2, -0.15) is 0 Å². The molecule has 0 atom stereocenters. The summed E-state index contributed by atoms with van der Waals surface area (Å²) in [5.41, 5.74) is 6.74. The van der Waals surface area contributed by atoms with E-state index in [0.29, 0.717) is 0 Å². The quantitative estimate of drug-likeness (QED) is 0.177. The molecule has 2 aliphatic rings. The maximum atomic E-state index is 6.18. The largest absolute Gasteiger partial charge is 0.496 e. The van der Waals surface area contributed by atoms with Crippen LogP contribution in [0.3, 0.4) is 0 Å². The summed E-state index contributed by atoms with van der Waals surface area (Å²) in [6.07, 6.45) is 13.6. The molecule has 220 valence electrons. The van der Waals surface area contributed by atoms with E-state index in [2.05, 4.69) is 91.0 Å². The summed E-state index contributed by atoms with van der Waals surface area (Å²) < 4.78 is 12.4. The van der Waals surface area contributed by atoms with Crippen LogP contribution in [0.4, 0.5) is 0 Å². The molecule has 2 fully saturated rings. The van der Waals surface area contributed by atoms with Crippen molar-refractivity contribution in [3.05, 3.63) is 91.0 Å². The van der Waals surface area contributed by atoms with E-state index in [4.69, 9.17) is 9.47 Å². The molecule has 2 saturated carbocycles. The first kappa shape index (κ1) is 28.4. The summed E-state index contributed by atoms with van der Waals surface area (Å²) in [5.74, 6) is 1.92. The minimum atomic E-state index is -0.438. The number of hydrogen-bond acceptors (Lipinski definition) is 2. The summed E-state index contributed by atoms with van der Waals surface area (Å²) in [6, 6.07) is 33.5. The number of ether oxygens (including phenoxy) is 2. The van der Waals surface area contributed by atoms with Crippen molar-refractivity contribution in [1.29, 1.82) is 0 Å². The molecule has 2 nitrogen and oxygen atoms in total. The SMILES string of the molecule is COc1ccc2ccccc2c1-c1cccc(-c2c(OC)ccc3ccccc23)c1P(C1CCCCC1)C1CCCCC1. The summed E-state index contributed by atoms with van der Waals surface area (Å²) in [5, 5.41) is 6.65. The van der Waals surface area contributed by atoms with Gasteiger partial charge in [-0.3, -0.25) is 0 Å². The Hall–Kier alpha value is -3.35. The summed E-state index contributed by atoms with van der Waals surface area (Å²) in [7, 11) is 3.22. The molecule has 2 aliphatic carbocycles. The van der Waals surface area contributed by atoms with Crippen molar-refractivity contribution in [2.24, 2.45) is 0 Å². The Morgan fingerprint density at radius 2 is 0.930 bits per heavy atom. The zero-order valence-electron chi connectivity index (χ0n) is 25.6. The second kappa shape index (κ2) is 12.7. The van der Waals surface area contributed by atoms with Gasteiger partial charge >= 0.3 is 0 Å². The molecule has 0 amide bonds. The number of rotatable bonds is 7. The van der Waals surface area contributed by atoms with E-state index in [1.165, 1.54) is 108 Å². The predicted octanol–water partition coefficient (Wildman–Crippen LogP) is 11.1. The van der Waals surface area contributed by atoms with E-state index in [-0.39, 0.29) is 0 Å². The molecule has 0 heterocycles. The minimum Gasteiger partial charge on any atom is -0.496 e. The van der Waals surface area contributed by atoms with Gasteiger partial charge in [0.05, 0.1) is 14.2 Å². The molecule has 0 unspecified atom stereocenters. The Balaban J connectivity index is 1.60. The van der Waals surface area contributed by atoms with Gasteiger partial charge in [-0.15, -0.1) is 0 Å². The lowest BCUT2D eigenvalue weighted by molar-refractivity contribution is 0.417. The zero-order chi connectivity index (χ0) is 29.2. The fourth-order valence-corrected chi connectivity index (χ4v) is 12.1. The number of methoxy groups -OCH3 is 2. The van der Waals surface area contributed by atoms with Gasteiger partial charge < -0.3 is 9.47 Å². The molecule has 0 aromatic heterocycles. The van der Waals surface area contributed by atoms with Crippen LogP contribution in [0.5, 0.6) is 11.5 Å². The maximum absolute atomic E-state index is 6.18. The average molecular weight is 587 g/mol. The fraction of sp³-hybridized carbons (Fsp3) is 0.350. The van der Waals surface area contributed by atoms with Gasteiger partial charge in [-0.1, -0.05) is 125 Å². The van der Waals surface area contributed by atoms with Gasteiger partial charge in [-0.05, 0) is 87.1 Å². The monoisotopic (exact) mass is 586 g/mol. The van der Waals surface area contributed by atoms with Crippen LogP contribution in [0, 0.1) is 0 Å². The first-order valence-electron chi connectivity index (χ1n) is 16.3. The summed E-state index contributed by atoms with van der Waals surface area (Å²) >= 11 is 0. The zero-order valence-corrected chi connectivity index (χ0v) is 26.5. The van der Waals surface area contributed by atoms with Gasteiger partial charge in [0.2, 0.25) is 0 Å². The van der Waals surface area contributed by atoms with Crippen LogP contribution in [-0.4, -0.2) is 25.5 Å². The number of hydrogen-bond donors (Lipinski definition) is 0. The Kier molecular flexibility index (Phi) is 8.40. The number of fused-ring (bicyclic) bond motifs is 2. The summed E-state index contributed by atoms with van der Waals surface area (Å²) in [6.45, 7) is 0. The fourth-order valence-electron chi connectivity index (χ4n) is 8.01. The van der Waals surface area contributed by atoms with Crippen LogP contribution in [-0.2, 0) is 0 Å². The van der Waals surface area contributed by atoms with E-state index in [9.17, 15) is 0 Å². The third-order valence-electron chi connectivity index (χ3n) is 9.99. The second-order valence-electron chi connectivity index (χ2n) is 12.4. The van der Waals surface area contributed by atoms with Crippen LogP contribution < -0.4 is 14.8 Å². The van der Waals surface area contributed by atoms with Crippen LogP contribution in [0.25, 0.3) is 43.8 Å². The summed E-state index contributed by atoms with van der Waals surface area (Å²) in [4.78, 5) is 0. The molecule has 7 rings (SSSR count). The highest BCUT2D eigenvalue weighted by Gasteiger charge is 2.36. The second-order valence-corrected chi connectivity index (χ2v) is 15.1. The van der Waals surface area contributed by atoms with Gasteiger partial charge in [0, 0.05) is 11.1 Å². The van der Waals surface area contributed by atoms with Crippen LogP contribution in [0.2, 0.25) is 0 Å². The van der Waals surface area contributed by atoms with Crippen LogP contribution in [0.1, 0.15) is 64.2 Å². The van der Waals surface area contributed by atoms with E-state index >= 15 is 0 Å². The molecule has 0 aliphatic heterocycles. The first-order valence-corrected chi connectivity index (χ1v) is 17.8. The standard InChI is InChI=1S/C40H43O2P/c1-41-36-26-24-28-14-9-11-20-32(28)38(36)34-22-13-23-35(39-33-21-12-10-15-29(33)25-27-37(39)42-2)40(34)43(30-16-5-3-6-17-30)31-18-7-4-8-19-31/h9-15,20-27,30-31H,3-8,16-19H2,1-2H3. The van der Waals surface area contributed by atoms with Crippen molar-refractivity contribution in [3.63, 3.8) is 0 Å². The Morgan fingerprint density at radius 1 is 0.488 bits per heavy atom. The maximum Gasteiger partial charge on any atom is 0.127 e. The molecule has 0 bridgehead atoms. The minimum absolute atomic E-state index is 0.438. The van der Waals surface area contributed by atoms with Crippen molar-refractivity contribution in [2.75, 3.05) is 14.2 Å². The van der Waals surface area contributed by atoms with Gasteiger partial charge in [0.25, 0.3) is 0 Å². The lowest BCUT2D eigenvalue weighted by atomic mass is 9.92. The van der Waals surface area contributed by atoms with E-state index < -0.39 is 7.92 Å². The van der Waals surface area contributed by atoms with E-state index in [0.717, 1.165) is 22.8 Å². The molecule has 0 N–H and O–H groups in total. The number of benzene rings is 5. The molecule has 5 aromatic carbocycles. The topological polar surface area (TPSA) is 18.5 Å². The Bertz CT molecular complexity index is 1600. The Morgan fingerprint density at radius 3 is 1.37 bits per heavy atom. The van der Waals surface area contributed by atoms with Gasteiger partial charge in [0.15, 0.2) is 0 Å². The highest BCUT2D eigenvalue weighted by atomic mass is 31.1. The normalized spacial score (nSPS) is 16.6. The van der Waals surface area contributed by atoms with Crippen molar-refractivity contribution >= 4 is 34.8 Å². The predicted molar refractivity (Wildman–Crippen MR) is 186 cm³/mol. The first-order chi connectivity index (χ1) is 21.3. The van der Waals surface area contributed by atoms with Crippen molar-refractivity contribution in [2.45, 2.75) is 75.5 Å². The molecular weight excluding hydrogens is 543 g/mol. The van der Waals surface area contributed by atoms with Gasteiger partial charge in [0.1, 0.15) is 11.5 Å². The third kappa shape index (κ3) is 5.33. The highest BCUT2D eigenvalue weighted by Crippen LogP contribution is 2.59. The van der Waals surface area contributed by atoms with Crippen molar-refractivity contribution in [3.8, 4) is 33.8 Å². The van der Waals surface area contributed by atoms with E-state index in [1.54, 1.807) is 5.30 Å². The third-order valence-corrected chi connectivity index (χ3v) is 13.6. The molecule has 3 heteroatoms. The lowest BCUT2D eigenvalue weighted by Gasteiger charge is -2.41. The lowest BCUT2D eigenvalue weighted by Crippen LogP contribution is -2.28. The van der Waals surface area contributed by atoms with E-state index in [1.807, 2.05) is 14.2 Å². The molecular formula is C40H43O2P. The average Bonchev–Trinajstić information content (AvgIpc) is 3.08. The molecule has 0 spiro atoms. The Labute approximate surface area is 258 Å². The van der Waals surface area contributed by atoms with Crippen LogP contribution in [0.15, 0.2) is 91.0 Å². The smallest absolute Gasteiger partial charge is 0.127 e. The molecule has 5 aromatic rings.